The van der Waals surface area contributed by atoms with E-state index >= 15 is 0 Å². The first-order valence-corrected chi connectivity index (χ1v) is 6.47. The van der Waals surface area contributed by atoms with Crippen molar-refractivity contribution < 1.29 is 9.90 Å². The molecule has 0 aliphatic carbocycles. The lowest BCUT2D eigenvalue weighted by Crippen LogP contribution is -2.10. The van der Waals surface area contributed by atoms with Gasteiger partial charge in [-0.25, -0.2) is 0 Å². The number of para-hydroxylation sites is 1. The molecular formula is C14H11NO2S. The van der Waals surface area contributed by atoms with Gasteiger partial charge in [-0.05, 0) is 17.5 Å². The number of ketones is 1. The zero-order valence-corrected chi connectivity index (χ0v) is 10.3. The van der Waals surface area contributed by atoms with E-state index in [0.717, 1.165) is 10.9 Å². The Kier molecular flexibility index (Phi) is 2.74. The first-order chi connectivity index (χ1) is 8.77. The number of carbonyl (C=O) groups is 1. The summed E-state index contributed by atoms with van der Waals surface area (Å²) >= 11 is 1.34. The van der Waals surface area contributed by atoms with Crippen LogP contribution in [-0.2, 0) is 0 Å². The first kappa shape index (κ1) is 11.2. The highest BCUT2D eigenvalue weighted by molar-refractivity contribution is 7.12. The van der Waals surface area contributed by atoms with Crippen LogP contribution in [0.5, 0.6) is 0 Å². The SMILES string of the molecule is O=C(c1cccs1)[C@@H](O)c1c[nH]c2ccccc12. The summed E-state index contributed by atoms with van der Waals surface area (Å²) in [5.41, 5.74) is 1.55. The van der Waals surface area contributed by atoms with Crippen molar-refractivity contribution in [3.63, 3.8) is 0 Å². The average molecular weight is 257 g/mol. The summed E-state index contributed by atoms with van der Waals surface area (Å²) in [4.78, 5) is 15.7. The molecule has 1 aromatic carbocycles. The fourth-order valence-corrected chi connectivity index (χ4v) is 2.70. The Morgan fingerprint density at radius 2 is 2.06 bits per heavy atom. The van der Waals surface area contributed by atoms with E-state index in [1.165, 1.54) is 11.3 Å². The number of thiophene rings is 1. The first-order valence-electron chi connectivity index (χ1n) is 5.59. The van der Waals surface area contributed by atoms with Crippen molar-refractivity contribution in [1.29, 1.82) is 0 Å². The Morgan fingerprint density at radius 1 is 1.22 bits per heavy atom. The molecule has 3 nitrogen and oxygen atoms in total. The zero-order chi connectivity index (χ0) is 12.5. The Hall–Kier alpha value is -1.91. The average Bonchev–Trinajstić information content (AvgIpc) is 3.06. The molecule has 0 saturated heterocycles. The van der Waals surface area contributed by atoms with Gasteiger partial charge >= 0.3 is 0 Å². The summed E-state index contributed by atoms with van der Waals surface area (Å²) in [6.07, 6.45) is 0.584. The van der Waals surface area contributed by atoms with Gasteiger partial charge in [0.1, 0.15) is 6.10 Å². The number of benzene rings is 1. The molecule has 90 valence electrons. The van der Waals surface area contributed by atoms with Gasteiger partial charge in [-0.3, -0.25) is 4.79 Å². The Bertz CT molecular complexity index is 685. The van der Waals surface area contributed by atoms with Crippen LogP contribution in [0, 0.1) is 0 Å². The number of Topliss-reactive ketones (excluding diaryl/α,β-unsaturated/α-hetero) is 1. The minimum Gasteiger partial charge on any atom is -0.380 e. The topological polar surface area (TPSA) is 53.1 Å². The number of hydrogen-bond donors (Lipinski definition) is 2. The van der Waals surface area contributed by atoms with Crippen molar-refractivity contribution in [2.45, 2.75) is 6.10 Å². The molecule has 0 amide bonds. The molecule has 3 rings (SSSR count). The van der Waals surface area contributed by atoms with Gasteiger partial charge < -0.3 is 10.1 Å². The largest absolute Gasteiger partial charge is 0.380 e. The molecule has 0 aliphatic rings. The number of carbonyl (C=O) groups excluding carboxylic acids is 1. The van der Waals surface area contributed by atoms with Gasteiger partial charge in [-0.2, -0.15) is 0 Å². The third kappa shape index (κ3) is 1.75. The van der Waals surface area contributed by atoms with E-state index in [4.69, 9.17) is 0 Å². The molecular weight excluding hydrogens is 246 g/mol. The van der Waals surface area contributed by atoms with Crippen LogP contribution < -0.4 is 0 Å². The third-order valence-corrected chi connectivity index (χ3v) is 3.81. The van der Waals surface area contributed by atoms with E-state index in [1.54, 1.807) is 18.3 Å². The number of hydrogen-bond acceptors (Lipinski definition) is 3. The van der Waals surface area contributed by atoms with Crippen molar-refractivity contribution in [2.75, 3.05) is 0 Å². The number of fused-ring (bicyclic) bond motifs is 1. The molecule has 0 saturated carbocycles. The molecule has 0 spiro atoms. The normalized spacial score (nSPS) is 12.7. The van der Waals surface area contributed by atoms with E-state index in [9.17, 15) is 9.90 Å². The van der Waals surface area contributed by atoms with Crippen LogP contribution in [0.15, 0.2) is 48.0 Å². The molecule has 3 aromatic rings. The lowest BCUT2D eigenvalue weighted by molar-refractivity contribution is 0.0754. The number of aliphatic hydroxyl groups excluding tert-OH is 1. The molecule has 2 N–H and O–H groups in total. The van der Waals surface area contributed by atoms with Crippen LogP contribution in [0.1, 0.15) is 21.3 Å². The fourth-order valence-electron chi connectivity index (χ4n) is 2.01. The van der Waals surface area contributed by atoms with Crippen molar-refractivity contribution in [1.82, 2.24) is 4.98 Å². The highest BCUT2D eigenvalue weighted by Crippen LogP contribution is 2.27. The minimum absolute atomic E-state index is 0.255. The molecule has 2 heterocycles. The zero-order valence-electron chi connectivity index (χ0n) is 9.46. The number of aromatic nitrogens is 1. The summed E-state index contributed by atoms with van der Waals surface area (Å²) in [6.45, 7) is 0. The van der Waals surface area contributed by atoms with Crippen molar-refractivity contribution in [2.24, 2.45) is 0 Å². The molecule has 0 bridgehead atoms. The molecule has 2 aromatic heterocycles. The van der Waals surface area contributed by atoms with Gasteiger partial charge in [0.2, 0.25) is 5.78 Å². The number of rotatable bonds is 3. The molecule has 0 aliphatic heterocycles. The maximum Gasteiger partial charge on any atom is 0.205 e. The van der Waals surface area contributed by atoms with Gasteiger partial charge in [0.15, 0.2) is 0 Å². The number of aliphatic hydroxyl groups is 1. The lowest BCUT2D eigenvalue weighted by Gasteiger charge is -2.07. The van der Waals surface area contributed by atoms with E-state index in [-0.39, 0.29) is 5.78 Å². The predicted octanol–water partition coefficient (Wildman–Crippen LogP) is 3.15. The Morgan fingerprint density at radius 3 is 2.83 bits per heavy atom. The van der Waals surface area contributed by atoms with Crippen LogP contribution in [0.25, 0.3) is 10.9 Å². The quantitative estimate of drug-likeness (QED) is 0.708. The van der Waals surface area contributed by atoms with E-state index in [1.807, 2.05) is 29.6 Å². The molecule has 4 heteroatoms. The number of H-pyrrole nitrogens is 1. The van der Waals surface area contributed by atoms with Gasteiger partial charge in [-0.15, -0.1) is 11.3 Å². The highest BCUT2D eigenvalue weighted by atomic mass is 32.1. The van der Waals surface area contributed by atoms with Gasteiger partial charge in [-0.1, -0.05) is 24.3 Å². The molecule has 0 fully saturated rings. The van der Waals surface area contributed by atoms with Crippen LogP contribution in [0.4, 0.5) is 0 Å². The van der Waals surface area contributed by atoms with Crippen molar-refractivity contribution >= 4 is 28.0 Å². The smallest absolute Gasteiger partial charge is 0.205 e. The second-order valence-corrected chi connectivity index (χ2v) is 4.98. The van der Waals surface area contributed by atoms with E-state index in [0.29, 0.717) is 10.4 Å². The third-order valence-electron chi connectivity index (χ3n) is 2.93. The van der Waals surface area contributed by atoms with Gasteiger partial charge in [0.05, 0.1) is 4.88 Å². The standard InChI is InChI=1S/C14H11NO2S/c16-13(14(17)12-6-3-7-18-12)10-8-15-11-5-2-1-4-9(10)11/h1-8,13,15-16H/t13-/m0/s1. The van der Waals surface area contributed by atoms with Crippen LogP contribution >= 0.6 is 11.3 Å². The van der Waals surface area contributed by atoms with Gasteiger partial charge in [0, 0.05) is 22.7 Å². The molecule has 0 radical (unpaired) electrons. The van der Waals surface area contributed by atoms with E-state index in [2.05, 4.69) is 4.98 Å². The molecule has 18 heavy (non-hydrogen) atoms. The number of aromatic amines is 1. The molecule has 1 atom stereocenters. The lowest BCUT2D eigenvalue weighted by atomic mass is 10.0. The van der Waals surface area contributed by atoms with Crippen molar-refractivity contribution in [3.05, 3.63) is 58.4 Å². The minimum atomic E-state index is -1.11. The van der Waals surface area contributed by atoms with Crippen molar-refractivity contribution in [3.8, 4) is 0 Å². The van der Waals surface area contributed by atoms with Gasteiger partial charge in [0.25, 0.3) is 0 Å². The fraction of sp³-hybridized carbons (Fsp3) is 0.0714. The molecule has 0 unspecified atom stereocenters. The second kappa shape index (κ2) is 4.40. The maximum atomic E-state index is 12.1. The summed E-state index contributed by atoms with van der Waals surface area (Å²) in [5.74, 6) is -0.255. The van der Waals surface area contributed by atoms with Crippen LogP contribution in [0.2, 0.25) is 0 Å². The maximum absolute atomic E-state index is 12.1. The summed E-state index contributed by atoms with van der Waals surface area (Å²) in [7, 11) is 0. The Balaban J connectivity index is 2.02. The Labute approximate surface area is 108 Å². The predicted molar refractivity (Wildman–Crippen MR) is 71.9 cm³/mol. The number of nitrogens with one attached hydrogen (secondary N) is 1. The van der Waals surface area contributed by atoms with Crippen LogP contribution in [-0.4, -0.2) is 15.9 Å². The van der Waals surface area contributed by atoms with Crippen LogP contribution in [0.3, 0.4) is 0 Å². The summed E-state index contributed by atoms with van der Waals surface area (Å²) in [6, 6.07) is 11.1. The highest BCUT2D eigenvalue weighted by Gasteiger charge is 2.22. The van der Waals surface area contributed by atoms with E-state index < -0.39 is 6.10 Å². The monoisotopic (exact) mass is 257 g/mol. The summed E-state index contributed by atoms with van der Waals surface area (Å²) in [5, 5.41) is 12.9. The summed E-state index contributed by atoms with van der Waals surface area (Å²) < 4.78 is 0. The second-order valence-electron chi connectivity index (χ2n) is 4.03.